The average molecular weight is 276 g/mol. The predicted octanol–water partition coefficient (Wildman–Crippen LogP) is 4.76. The van der Waals surface area contributed by atoms with Gasteiger partial charge in [-0.05, 0) is 41.9 Å². The van der Waals surface area contributed by atoms with Crippen molar-refractivity contribution >= 4 is 5.78 Å². The van der Waals surface area contributed by atoms with Crippen LogP contribution in [0, 0.1) is 5.92 Å². The molecule has 0 saturated carbocycles. The van der Waals surface area contributed by atoms with E-state index in [1.807, 2.05) is 6.07 Å². The van der Waals surface area contributed by atoms with Crippen LogP contribution < -0.4 is 4.74 Å². The Labute approximate surface area is 123 Å². The number of ether oxygens (including phenoxy) is 1. The number of hydrogen-bond donors (Lipinski definition) is 0. The third kappa shape index (κ3) is 4.99. The molecule has 0 radical (unpaired) electrons. The summed E-state index contributed by atoms with van der Waals surface area (Å²) in [6, 6.07) is 6.39. The molecule has 0 bridgehead atoms. The van der Waals surface area contributed by atoms with E-state index in [0.29, 0.717) is 30.5 Å². The second kappa shape index (κ2) is 8.08. The van der Waals surface area contributed by atoms with E-state index in [1.165, 1.54) is 11.1 Å². The van der Waals surface area contributed by atoms with Crippen LogP contribution in [-0.2, 0) is 11.2 Å². The van der Waals surface area contributed by atoms with E-state index in [2.05, 4.69) is 39.8 Å². The largest absolute Gasteiger partial charge is 0.496 e. The fraction of sp³-hybridized carbons (Fsp3) is 0.611. The van der Waals surface area contributed by atoms with E-state index in [9.17, 15) is 4.79 Å². The Bertz CT molecular complexity index is 435. The fourth-order valence-corrected chi connectivity index (χ4v) is 2.61. The Morgan fingerprint density at radius 1 is 1.25 bits per heavy atom. The minimum atomic E-state index is 0.387. The monoisotopic (exact) mass is 276 g/mol. The molecule has 0 fully saturated rings. The van der Waals surface area contributed by atoms with Crippen LogP contribution in [0.1, 0.15) is 64.0 Å². The third-order valence-electron chi connectivity index (χ3n) is 3.61. The number of rotatable bonds is 8. The maximum absolute atomic E-state index is 11.7. The highest BCUT2D eigenvalue weighted by atomic mass is 16.5. The summed E-state index contributed by atoms with van der Waals surface area (Å²) in [4.78, 5) is 11.7. The van der Waals surface area contributed by atoms with Crippen LogP contribution in [0.15, 0.2) is 18.2 Å². The summed E-state index contributed by atoms with van der Waals surface area (Å²) in [6.07, 6.45) is 3.31. The van der Waals surface area contributed by atoms with Crippen LogP contribution >= 0.6 is 0 Å². The highest BCUT2D eigenvalue weighted by Gasteiger charge is 2.12. The Kier molecular flexibility index (Phi) is 6.77. The van der Waals surface area contributed by atoms with Gasteiger partial charge >= 0.3 is 0 Å². The second-order valence-corrected chi connectivity index (χ2v) is 6.03. The molecule has 0 heterocycles. The molecule has 0 aliphatic carbocycles. The summed E-state index contributed by atoms with van der Waals surface area (Å²) in [7, 11) is 1.72. The predicted molar refractivity (Wildman–Crippen MR) is 84.5 cm³/mol. The number of carbonyl (C=O) groups excluding carboxylic acids is 1. The lowest BCUT2D eigenvalue weighted by atomic mass is 9.92. The summed E-state index contributed by atoms with van der Waals surface area (Å²) in [6.45, 7) is 8.57. The third-order valence-corrected chi connectivity index (χ3v) is 3.61. The fourth-order valence-electron chi connectivity index (χ4n) is 2.61. The van der Waals surface area contributed by atoms with Crippen molar-refractivity contribution in [1.29, 1.82) is 0 Å². The number of ketones is 1. The topological polar surface area (TPSA) is 26.3 Å². The molecule has 0 saturated heterocycles. The van der Waals surface area contributed by atoms with Gasteiger partial charge in [-0.3, -0.25) is 4.79 Å². The molecule has 0 amide bonds. The second-order valence-electron chi connectivity index (χ2n) is 6.03. The van der Waals surface area contributed by atoms with Gasteiger partial charge < -0.3 is 4.74 Å². The Hall–Kier alpha value is -1.31. The molecule has 1 aromatic carbocycles. The van der Waals surface area contributed by atoms with Crippen LogP contribution in [0.5, 0.6) is 5.75 Å². The summed E-state index contributed by atoms with van der Waals surface area (Å²) >= 11 is 0. The maximum atomic E-state index is 11.7. The van der Waals surface area contributed by atoms with Crippen molar-refractivity contribution < 1.29 is 9.53 Å². The molecule has 0 aliphatic rings. The van der Waals surface area contributed by atoms with Gasteiger partial charge in [0.15, 0.2) is 0 Å². The maximum Gasteiger partial charge on any atom is 0.133 e. The molecule has 0 aliphatic heterocycles. The first-order chi connectivity index (χ1) is 9.47. The summed E-state index contributed by atoms with van der Waals surface area (Å²) in [5.74, 6) is 2.19. The SMILES string of the molecule is CCCC(=O)CC(C)Cc1ccc(OC)c(C(C)C)c1. The molecule has 20 heavy (non-hydrogen) atoms. The minimum absolute atomic E-state index is 0.387. The molecule has 1 atom stereocenters. The highest BCUT2D eigenvalue weighted by Crippen LogP contribution is 2.28. The van der Waals surface area contributed by atoms with Gasteiger partial charge in [0.05, 0.1) is 7.11 Å². The van der Waals surface area contributed by atoms with Gasteiger partial charge in [0.1, 0.15) is 11.5 Å². The van der Waals surface area contributed by atoms with Crippen molar-refractivity contribution in [2.45, 2.75) is 59.3 Å². The summed E-state index contributed by atoms with van der Waals surface area (Å²) in [5, 5.41) is 0. The van der Waals surface area contributed by atoms with Crippen molar-refractivity contribution in [3.63, 3.8) is 0 Å². The lowest BCUT2D eigenvalue weighted by molar-refractivity contribution is -0.119. The highest BCUT2D eigenvalue weighted by molar-refractivity contribution is 5.78. The van der Waals surface area contributed by atoms with Gasteiger partial charge in [0.25, 0.3) is 0 Å². The zero-order chi connectivity index (χ0) is 15.1. The van der Waals surface area contributed by atoms with Crippen LogP contribution in [0.4, 0.5) is 0 Å². The number of Topliss-reactive ketones (excluding diaryl/α,β-unsaturated/α-hetero) is 1. The molecule has 0 N–H and O–H groups in total. The molecule has 0 spiro atoms. The van der Waals surface area contributed by atoms with E-state index < -0.39 is 0 Å². The van der Waals surface area contributed by atoms with E-state index in [4.69, 9.17) is 4.74 Å². The number of hydrogen-bond acceptors (Lipinski definition) is 2. The van der Waals surface area contributed by atoms with Gasteiger partial charge in [0, 0.05) is 12.8 Å². The van der Waals surface area contributed by atoms with Crippen molar-refractivity contribution in [3.8, 4) is 5.75 Å². The van der Waals surface area contributed by atoms with Crippen molar-refractivity contribution in [2.24, 2.45) is 5.92 Å². The molecule has 1 aromatic rings. The summed E-state index contributed by atoms with van der Waals surface area (Å²) < 4.78 is 5.41. The van der Waals surface area contributed by atoms with Crippen LogP contribution in [0.2, 0.25) is 0 Å². The van der Waals surface area contributed by atoms with E-state index in [-0.39, 0.29) is 0 Å². The molecular weight excluding hydrogens is 248 g/mol. The lowest BCUT2D eigenvalue weighted by Gasteiger charge is -2.16. The van der Waals surface area contributed by atoms with E-state index in [0.717, 1.165) is 18.6 Å². The minimum Gasteiger partial charge on any atom is -0.496 e. The quantitative estimate of drug-likeness (QED) is 0.684. The molecule has 2 heteroatoms. The van der Waals surface area contributed by atoms with Gasteiger partial charge in [-0.15, -0.1) is 0 Å². The first kappa shape index (κ1) is 16.7. The molecule has 2 nitrogen and oxygen atoms in total. The standard InChI is InChI=1S/C18H28O2/c1-6-7-16(19)11-14(4)10-15-8-9-18(20-5)17(12-15)13(2)3/h8-9,12-14H,6-7,10-11H2,1-5H3. The van der Waals surface area contributed by atoms with Gasteiger partial charge in [-0.25, -0.2) is 0 Å². The van der Waals surface area contributed by atoms with Crippen molar-refractivity contribution in [3.05, 3.63) is 29.3 Å². The van der Waals surface area contributed by atoms with Gasteiger partial charge in [0.2, 0.25) is 0 Å². The van der Waals surface area contributed by atoms with Crippen LogP contribution in [-0.4, -0.2) is 12.9 Å². The van der Waals surface area contributed by atoms with E-state index in [1.54, 1.807) is 7.11 Å². The lowest BCUT2D eigenvalue weighted by Crippen LogP contribution is -2.08. The van der Waals surface area contributed by atoms with Crippen LogP contribution in [0.3, 0.4) is 0 Å². The summed E-state index contributed by atoms with van der Waals surface area (Å²) in [5.41, 5.74) is 2.54. The van der Waals surface area contributed by atoms with Crippen molar-refractivity contribution in [1.82, 2.24) is 0 Å². The number of benzene rings is 1. The molecule has 0 aromatic heterocycles. The zero-order valence-corrected chi connectivity index (χ0v) is 13.5. The number of carbonyl (C=O) groups is 1. The average Bonchev–Trinajstić information content (AvgIpc) is 2.38. The molecule has 1 unspecified atom stereocenters. The van der Waals surface area contributed by atoms with Gasteiger partial charge in [-0.1, -0.05) is 39.8 Å². The van der Waals surface area contributed by atoms with E-state index >= 15 is 0 Å². The first-order valence-electron chi connectivity index (χ1n) is 7.66. The van der Waals surface area contributed by atoms with Gasteiger partial charge in [-0.2, -0.15) is 0 Å². The number of methoxy groups -OCH3 is 1. The Morgan fingerprint density at radius 2 is 1.95 bits per heavy atom. The van der Waals surface area contributed by atoms with Crippen molar-refractivity contribution in [2.75, 3.05) is 7.11 Å². The first-order valence-corrected chi connectivity index (χ1v) is 7.66. The molecular formula is C18H28O2. The molecule has 112 valence electrons. The Morgan fingerprint density at radius 3 is 2.50 bits per heavy atom. The van der Waals surface area contributed by atoms with Crippen LogP contribution in [0.25, 0.3) is 0 Å². The smallest absolute Gasteiger partial charge is 0.133 e. The zero-order valence-electron chi connectivity index (χ0n) is 13.5. The molecule has 1 rings (SSSR count). The normalized spacial score (nSPS) is 12.5. The Balaban J connectivity index is 2.72.